The molecule has 6 nitrogen and oxygen atoms in total. The monoisotopic (exact) mass is 313 g/mol. The molecule has 1 aromatic rings. The van der Waals surface area contributed by atoms with Gasteiger partial charge in [-0.25, -0.2) is 13.1 Å². The molecule has 0 aliphatic carbocycles. The Hall–Kier alpha value is -1.31. The number of nitrogen functional groups attached to an aromatic ring is 1. The van der Waals surface area contributed by atoms with Gasteiger partial charge in [0.05, 0.1) is 22.4 Å². The standard InChI is InChI=1S/C14H23N3O3S/c1-16-21(18,19)12-6-7-13(15)14(9-12)17(2)10-11-5-3-4-8-20-11/h6-7,9,11,16H,3-5,8,10,15H2,1-2H3. The minimum Gasteiger partial charge on any atom is -0.397 e. The van der Waals surface area contributed by atoms with Crippen LogP contribution in [-0.4, -0.2) is 41.8 Å². The minimum absolute atomic E-state index is 0.174. The van der Waals surface area contributed by atoms with E-state index in [1.54, 1.807) is 12.1 Å². The van der Waals surface area contributed by atoms with Gasteiger partial charge in [-0.1, -0.05) is 0 Å². The fraction of sp³-hybridized carbons (Fsp3) is 0.571. The smallest absolute Gasteiger partial charge is 0.240 e. The molecule has 21 heavy (non-hydrogen) atoms. The first kappa shape index (κ1) is 16.1. The molecule has 0 radical (unpaired) electrons. The molecular weight excluding hydrogens is 290 g/mol. The molecule has 1 aliphatic rings. The Labute approximate surface area is 126 Å². The highest BCUT2D eigenvalue weighted by Crippen LogP contribution is 2.27. The van der Waals surface area contributed by atoms with Crippen LogP contribution in [0.4, 0.5) is 11.4 Å². The Kier molecular flexibility index (Phi) is 5.08. The number of nitrogens with zero attached hydrogens (tertiary/aromatic N) is 1. The molecule has 0 amide bonds. The summed E-state index contributed by atoms with van der Waals surface area (Å²) in [4.78, 5) is 2.17. The predicted octanol–water partition coefficient (Wildman–Crippen LogP) is 1.18. The Morgan fingerprint density at radius 3 is 2.81 bits per heavy atom. The van der Waals surface area contributed by atoms with E-state index < -0.39 is 10.0 Å². The van der Waals surface area contributed by atoms with Gasteiger partial charge in [0.15, 0.2) is 0 Å². The Morgan fingerprint density at radius 2 is 2.19 bits per heavy atom. The van der Waals surface area contributed by atoms with Crippen molar-refractivity contribution in [3.8, 4) is 0 Å². The van der Waals surface area contributed by atoms with Crippen molar-refractivity contribution in [2.75, 3.05) is 37.9 Å². The summed E-state index contributed by atoms with van der Waals surface area (Å²) in [5.41, 5.74) is 7.25. The molecule has 0 saturated carbocycles. The van der Waals surface area contributed by atoms with Crippen LogP contribution >= 0.6 is 0 Å². The zero-order valence-corrected chi connectivity index (χ0v) is 13.3. The van der Waals surface area contributed by atoms with E-state index in [9.17, 15) is 8.42 Å². The van der Waals surface area contributed by atoms with E-state index in [0.717, 1.165) is 19.4 Å². The third kappa shape index (κ3) is 3.87. The van der Waals surface area contributed by atoms with Gasteiger partial charge in [0, 0.05) is 20.2 Å². The second-order valence-electron chi connectivity index (χ2n) is 5.30. The molecule has 1 saturated heterocycles. The molecule has 1 heterocycles. The largest absolute Gasteiger partial charge is 0.397 e. The van der Waals surface area contributed by atoms with E-state index in [0.29, 0.717) is 17.9 Å². The van der Waals surface area contributed by atoms with E-state index in [2.05, 4.69) is 4.72 Å². The summed E-state index contributed by atoms with van der Waals surface area (Å²) < 4.78 is 31.8. The van der Waals surface area contributed by atoms with Crippen molar-refractivity contribution in [2.45, 2.75) is 30.3 Å². The molecule has 0 bridgehead atoms. The summed E-state index contributed by atoms with van der Waals surface area (Å²) in [6.45, 7) is 1.50. The lowest BCUT2D eigenvalue weighted by atomic mass is 10.1. The number of hydrogen-bond donors (Lipinski definition) is 2. The van der Waals surface area contributed by atoms with Crippen molar-refractivity contribution in [2.24, 2.45) is 0 Å². The van der Waals surface area contributed by atoms with Gasteiger partial charge >= 0.3 is 0 Å². The molecule has 0 spiro atoms. The lowest BCUT2D eigenvalue weighted by Gasteiger charge is -2.29. The van der Waals surface area contributed by atoms with E-state index in [4.69, 9.17) is 10.5 Å². The first-order chi connectivity index (χ1) is 9.94. The zero-order valence-electron chi connectivity index (χ0n) is 12.5. The number of nitrogens with two attached hydrogens (primary N) is 1. The molecule has 1 atom stereocenters. The van der Waals surface area contributed by atoms with Gasteiger partial charge in [0.2, 0.25) is 10.0 Å². The number of nitrogens with one attached hydrogen (secondary N) is 1. The van der Waals surface area contributed by atoms with Gasteiger partial charge in [0.25, 0.3) is 0 Å². The number of benzene rings is 1. The van der Waals surface area contributed by atoms with Crippen molar-refractivity contribution in [3.63, 3.8) is 0 Å². The van der Waals surface area contributed by atoms with Gasteiger partial charge in [-0.15, -0.1) is 0 Å². The van der Waals surface area contributed by atoms with E-state index in [-0.39, 0.29) is 11.0 Å². The number of ether oxygens (including phenoxy) is 1. The summed E-state index contributed by atoms with van der Waals surface area (Å²) in [5.74, 6) is 0. The van der Waals surface area contributed by atoms with Gasteiger partial charge in [0.1, 0.15) is 0 Å². The zero-order chi connectivity index (χ0) is 15.5. The number of anilines is 2. The highest BCUT2D eigenvalue weighted by molar-refractivity contribution is 7.89. The Balaban J connectivity index is 2.19. The maximum Gasteiger partial charge on any atom is 0.240 e. The normalized spacial score (nSPS) is 19.4. The maximum absolute atomic E-state index is 11.9. The summed E-state index contributed by atoms with van der Waals surface area (Å²) in [5, 5.41) is 0. The molecule has 7 heteroatoms. The molecule has 2 rings (SSSR count). The third-order valence-electron chi connectivity index (χ3n) is 3.74. The lowest BCUT2D eigenvalue weighted by Crippen LogP contribution is -2.33. The first-order valence-electron chi connectivity index (χ1n) is 7.10. The van der Waals surface area contributed by atoms with Crippen molar-refractivity contribution in [1.29, 1.82) is 0 Å². The average Bonchev–Trinajstić information content (AvgIpc) is 2.48. The minimum atomic E-state index is -3.47. The predicted molar refractivity (Wildman–Crippen MR) is 84.0 cm³/mol. The SMILES string of the molecule is CNS(=O)(=O)c1ccc(N)c(N(C)CC2CCCCO2)c1. The van der Waals surface area contributed by atoms with Crippen molar-refractivity contribution >= 4 is 21.4 Å². The molecule has 118 valence electrons. The van der Waals surface area contributed by atoms with Crippen LogP contribution in [0.5, 0.6) is 0 Å². The van der Waals surface area contributed by atoms with Crippen LogP contribution in [0, 0.1) is 0 Å². The molecular formula is C14H23N3O3S. The number of sulfonamides is 1. The lowest BCUT2D eigenvalue weighted by molar-refractivity contribution is 0.0216. The van der Waals surface area contributed by atoms with Gasteiger partial charge in [-0.2, -0.15) is 0 Å². The van der Waals surface area contributed by atoms with Gasteiger partial charge in [-0.3, -0.25) is 0 Å². The highest BCUT2D eigenvalue weighted by Gasteiger charge is 2.19. The fourth-order valence-electron chi connectivity index (χ4n) is 2.49. The molecule has 0 aromatic heterocycles. The molecule has 1 unspecified atom stereocenters. The number of hydrogen-bond acceptors (Lipinski definition) is 5. The molecule has 1 fully saturated rings. The topological polar surface area (TPSA) is 84.7 Å². The van der Waals surface area contributed by atoms with Crippen LogP contribution < -0.4 is 15.4 Å². The third-order valence-corrected chi connectivity index (χ3v) is 5.16. The maximum atomic E-state index is 11.9. The number of rotatable bonds is 5. The molecule has 3 N–H and O–H groups in total. The summed E-state index contributed by atoms with van der Waals surface area (Å²) in [6.07, 6.45) is 3.48. The van der Waals surface area contributed by atoms with Crippen LogP contribution in [0.15, 0.2) is 23.1 Å². The summed E-state index contributed by atoms with van der Waals surface area (Å²) >= 11 is 0. The average molecular weight is 313 g/mol. The first-order valence-corrected chi connectivity index (χ1v) is 8.58. The Morgan fingerprint density at radius 1 is 1.43 bits per heavy atom. The van der Waals surface area contributed by atoms with Crippen LogP contribution in [0.1, 0.15) is 19.3 Å². The van der Waals surface area contributed by atoms with Gasteiger partial charge in [-0.05, 0) is 44.5 Å². The van der Waals surface area contributed by atoms with Crippen LogP contribution in [0.2, 0.25) is 0 Å². The second-order valence-corrected chi connectivity index (χ2v) is 7.18. The fourth-order valence-corrected chi connectivity index (χ4v) is 3.24. The molecule has 1 aromatic carbocycles. The van der Waals surface area contributed by atoms with Crippen LogP contribution in [0.3, 0.4) is 0 Å². The van der Waals surface area contributed by atoms with E-state index in [1.807, 2.05) is 11.9 Å². The van der Waals surface area contributed by atoms with E-state index in [1.165, 1.54) is 19.5 Å². The van der Waals surface area contributed by atoms with Crippen molar-refractivity contribution in [3.05, 3.63) is 18.2 Å². The Bertz CT molecular complexity index is 583. The second kappa shape index (κ2) is 6.64. The van der Waals surface area contributed by atoms with Crippen molar-refractivity contribution in [1.82, 2.24) is 4.72 Å². The number of likely N-dealkylation sites (N-methyl/N-ethyl adjacent to an activating group) is 1. The van der Waals surface area contributed by atoms with E-state index >= 15 is 0 Å². The van der Waals surface area contributed by atoms with Crippen LogP contribution in [0.25, 0.3) is 0 Å². The summed E-state index contributed by atoms with van der Waals surface area (Å²) in [6, 6.07) is 4.73. The quantitative estimate of drug-likeness (QED) is 0.798. The molecule has 1 aliphatic heterocycles. The summed E-state index contributed by atoms with van der Waals surface area (Å²) in [7, 11) is -0.172. The van der Waals surface area contributed by atoms with Crippen LogP contribution in [-0.2, 0) is 14.8 Å². The van der Waals surface area contributed by atoms with Gasteiger partial charge < -0.3 is 15.4 Å². The van der Waals surface area contributed by atoms with Crippen molar-refractivity contribution < 1.29 is 13.2 Å². The highest BCUT2D eigenvalue weighted by atomic mass is 32.2.